The summed E-state index contributed by atoms with van der Waals surface area (Å²) in [6.45, 7) is 6.25. The molecule has 1 aromatic rings. The van der Waals surface area contributed by atoms with Crippen LogP contribution in [0, 0.1) is 28.6 Å². The van der Waals surface area contributed by atoms with Crippen LogP contribution in [0.2, 0.25) is 5.02 Å². The molecule has 0 N–H and O–H groups in total. The molecule has 0 saturated carbocycles. The Morgan fingerprint density at radius 1 is 1.39 bits per heavy atom. The van der Waals surface area contributed by atoms with Crippen molar-refractivity contribution in [1.82, 2.24) is 4.90 Å². The third-order valence-electron chi connectivity index (χ3n) is 2.78. The van der Waals surface area contributed by atoms with Crippen LogP contribution in [0.3, 0.4) is 0 Å². The molecule has 0 aliphatic carbocycles. The van der Waals surface area contributed by atoms with E-state index in [-0.39, 0.29) is 5.92 Å². The third kappa shape index (κ3) is 4.04. The van der Waals surface area contributed by atoms with Crippen molar-refractivity contribution >= 4 is 11.6 Å². The summed E-state index contributed by atoms with van der Waals surface area (Å²) in [4.78, 5) is 2.17. The van der Waals surface area contributed by atoms with Crippen molar-refractivity contribution < 1.29 is 0 Å². The lowest BCUT2D eigenvalue weighted by atomic mass is 10.1. The zero-order valence-electron chi connectivity index (χ0n) is 10.7. The highest BCUT2D eigenvalue weighted by atomic mass is 35.5. The molecule has 1 atom stereocenters. The van der Waals surface area contributed by atoms with Crippen LogP contribution < -0.4 is 0 Å². The first-order valence-electron chi connectivity index (χ1n) is 5.91. The normalized spacial score (nSPS) is 11.9. The SMILES string of the molecule is CCN(Cc1ccc(C#N)cc1Cl)CC(C)C#N. The van der Waals surface area contributed by atoms with Crippen molar-refractivity contribution in [2.45, 2.75) is 20.4 Å². The van der Waals surface area contributed by atoms with Gasteiger partial charge < -0.3 is 0 Å². The molecule has 0 spiro atoms. The van der Waals surface area contributed by atoms with E-state index in [1.54, 1.807) is 12.1 Å². The Bertz CT molecular complexity index is 485. The monoisotopic (exact) mass is 261 g/mol. The van der Waals surface area contributed by atoms with Gasteiger partial charge in [-0.2, -0.15) is 10.5 Å². The number of nitriles is 2. The van der Waals surface area contributed by atoms with E-state index in [1.165, 1.54) is 0 Å². The number of halogens is 1. The van der Waals surface area contributed by atoms with Crippen molar-refractivity contribution in [1.29, 1.82) is 10.5 Å². The van der Waals surface area contributed by atoms with Gasteiger partial charge in [0.2, 0.25) is 0 Å². The third-order valence-corrected chi connectivity index (χ3v) is 3.13. The van der Waals surface area contributed by atoms with E-state index in [0.29, 0.717) is 17.1 Å². The molecule has 0 aromatic heterocycles. The van der Waals surface area contributed by atoms with Gasteiger partial charge in [0.25, 0.3) is 0 Å². The Morgan fingerprint density at radius 2 is 2.11 bits per heavy atom. The molecule has 1 rings (SSSR count). The van der Waals surface area contributed by atoms with Crippen molar-refractivity contribution in [3.8, 4) is 12.1 Å². The molecule has 0 amide bonds. The van der Waals surface area contributed by atoms with Crippen molar-refractivity contribution in [3.63, 3.8) is 0 Å². The van der Waals surface area contributed by atoms with Crippen LogP contribution in [0.4, 0.5) is 0 Å². The minimum Gasteiger partial charge on any atom is -0.298 e. The molecule has 4 heteroatoms. The highest BCUT2D eigenvalue weighted by molar-refractivity contribution is 6.31. The van der Waals surface area contributed by atoms with Gasteiger partial charge >= 0.3 is 0 Å². The molecule has 1 unspecified atom stereocenters. The predicted molar refractivity (Wildman–Crippen MR) is 71.9 cm³/mol. The molecule has 0 fully saturated rings. The molecule has 0 aliphatic rings. The lowest BCUT2D eigenvalue weighted by Gasteiger charge is -2.22. The highest BCUT2D eigenvalue weighted by Gasteiger charge is 2.10. The van der Waals surface area contributed by atoms with Crippen molar-refractivity contribution in [2.24, 2.45) is 5.92 Å². The molecule has 3 nitrogen and oxygen atoms in total. The van der Waals surface area contributed by atoms with E-state index in [9.17, 15) is 0 Å². The zero-order chi connectivity index (χ0) is 13.5. The molecule has 18 heavy (non-hydrogen) atoms. The number of benzene rings is 1. The molecule has 94 valence electrons. The van der Waals surface area contributed by atoms with E-state index in [4.69, 9.17) is 22.1 Å². The largest absolute Gasteiger partial charge is 0.298 e. The average molecular weight is 262 g/mol. The van der Waals surface area contributed by atoms with Gasteiger partial charge in [-0.05, 0) is 31.2 Å². The minimum atomic E-state index is 0.00195. The Kier molecular flexibility index (Phi) is 5.65. The van der Waals surface area contributed by atoms with Gasteiger partial charge in [-0.25, -0.2) is 0 Å². The van der Waals surface area contributed by atoms with E-state index in [1.807, 2.05) is 13.0 Å². The summed E-state index contributed by atoms with van der Waals surface area (Å²) in [7, 11) is 0. The van der Waals surface area contributed by atoms with Crippen LogP contribution in [-0.4, -0.2) is 18.0 Å². The van der Waals surface area contributed by atoms with Crippen LogP contribution >= 0.6 is 11.6 Å². The number of hydrogen-bond acceptors (Lipinski definition) is 3. The van der Waals surface area contributed by atoms with Crippen LogP contribution in [-0.2, 0) is 6.54 Å². The summed E-state index contributed by atoms with van der Waals surface area (Å²) in [5.41, 5.74) is 1.56. The van der Waals surface area contributed by atoms with E-state index >= 15 is 0 Å². The van der Waals surface area contributed by atoms with Gasteiger partial charge in [-0.15, -0.1) is 0 Å². The number of hydrogen-bond donors (Lipinski definition) is 0. The molecule has 0 heterocycles. The lowest BCUT2D eigenvalue weighted by Crippen LogP contribution is -2.27. The maximum absolute atomic E-state index is 8.83. The van der Waals surface area contributed by atoms with Gasteiger partial charge in [0, 0.05) is 18.1 Å². The second-order valence-corrected chi connectivity index (χ2v) is 4.68. The summed E-state index contributed by atoms with van der Waals surface area (Å²) < 4.78 is 0. The van der Waals surface area contributed by atoms with E-state index in [2.05, 4.69) is 24.0 Å². The van der Waals surface area contributed by atoms with Gasteiger partial charge in [0.05, 0.1) is 23.6 Å². The van der Waals surface area contributed by atoms with Gasteiger partial charge in [0.15, 0.2) is 0 Å². The van der Waals surface area contributed by atoms with Gasteiger partial charge in [-0.1, -0.05) is 24.6 Å². The molecular formula is C14H16ClN3. The van der Waals surface area contributed by atoms with E-state index in [0.717, 1.165) is 18.7 Å². The fraction of sp³-hybridized carbons (Fsp3) is 0.429. The fourth-order valence-electron chi connectivity index (χ4n) is 1.72. The summed E-state index contributed by atoms with van der Waals surface area (Å²) in [5.74, 6) is 0.00195. The van der Waals surface area contributed by atoms with Crippen molar-refractivity contribution in [2.75, 3.05) is 13.1 Å². The zero-order valence-corrected chi connectivity index (χ0v) is 11.4. The Labute approximate surface area is 113 Å². The maximum atomic E-state index is 8.83. The smallest absolute Gasteiger partial charge is 0.0992 e. The van der Waals surface area contributed by atoms with Crippen molar-refractivity contribution in [3.05, 3.63) is 34.3 Å². The summed E-state index contributed by atoms with van der Waals surface area (Å²) in [5, 5.41) is 18.2. The van der Waals surface area contributed by atoms with Crippen LogP contribution in [0.25, 0.3) is 0 Å². The molecule has 0 aliphatic heterocycles. The van der Waals surface area contributed by atoms with Crippen LogP contribution in [0.1, 0.15) is 25.0 Å². The average Bonchev–Trinajstić information content (AvgIpc) is 2.39. The predicted octanol–water partition coefficient (Wildman–Crippen LogP) is 3.19. The van der Waals surface area contributed by atoms with Gasteiger partial charge in [-0.3, -0.25) is 4.90 Å². The Morgan fingerprint density at radius 3 is 2.61 bits per heavy atom. The topological polar surface area (TPSA) is 50.8 Å². The Hall–Kier alpha value is -1.55. The quantitative estimate of drug-likeness (QED) is 0.818. The second kappa shape index (κ2) is 7.01. The standard InChI is InChI=1S/C14H16ClN3/c1-3-18(9-11(2)7-16)10-13-5-4-12(8-17)6-14(13)15/h4-6,11H,3,9-10H2,1-2H3. The maximum Gasteiger partial charge on any atom is 0.0992 e. The Balaban J connectivity index is 2.77. The van der Waals surface area contributed by atoms with Crippen LogP contribution in [0.5, 0.6) is 0 Å². The summed E-state index contributed by atoms with van der Waals surface area (Å²) >= 11 is 6.14. The number of nitrogens with zero attached hydrogens (tertiary/aromatic N) is 3. The second-order valence-electron chi connectivity index (χ2n) is 4.28. The minimum absolute atomic E-state index is 0.00195. The summed E-state index contributed by atoms with van der Waals surface area (Å²) in [6.07, 6.45) is 0. The highest BCUT2D eigenvalue weighted by Crippen LogP contribution is 2.19. The first kappa shape index (κ1) is 14.5. The first-order valence-corrected chi connectivity index (χ1v) is 6.29. The first-order chi connectivity index (χ1) is 8.60. The molecule has 0 saturated heterocycles. The van der Waals surface area contributed by atoms with E-state index < -0.39 is 0 Å². The molecule has 0 radical (unpaired) electrons. The number of rotatable bonds is 5. The lowest BCUT2D eigenvalue weighted by molar-refractivity contribution is 0.260. The summed E-state index contributed by atoms with van der Waals surface area (Å²) in [6, 6.07) is 9.61. The molecule has 0 bridgehead atoms. The fourth-order valence-corrected chi connectivity index (χ4v) is 1.96. The van der Waals surface area contributed by atoms with Crippen LogP contribution in [0.15, 0.2) is 18.2 Å². The van der Waals surface area contributed by atoms with Gasteiger partial charge in [0.1, 0.15) is 0 Å². The molecular weight excluding hydrogens is 246 g/mol. The molecule has 1 aromatic carbocycles.